The van der Waals surface area contributed by atoms with Crippen molar-refractivity contribution in [2.45, 2.75) is 19.0 Å². The molecular weight excluding hydrogens is 225 g/mol. The van der Waals surface area contributed by atoms with Gasteiger partial charge in [0.2, 0.25) is 11.8 Å². The van der Waals surface area contributed by atoms with Crippen LogP contribution in [0.3, 0.4) is 0 Å². The first-order chi connectivity index (χ1) is 7.33. The summed E-state index contributed by atoms with van der Waals surface area (Å²) >= 11 is 0. The lowest BCUT2D eigenvalue weighted by Crippen LogP contribution is -2.48. The van der Waals surface area contributed by atoms with Crippen molar-refractivity contribution in [3.05, 3.63) is 0 Å². The number of nitrogens with one attached hydrogen (secondary N) is 1. The topological polar surface area (TPSA) is 49.4 Å². The van der Waals surface area contributed by atoms with Gasteiger partial charge in [0.05, 0.1) is 5.92 Å². The molecule has 0 spiro atoms. The molecule has 0 radical (unpaired) electrons. The highest BCUT2D eigenvalue weighted by Crippen LogP contribution is 2.23. The molecule has 0 aliphatic carbocycles. The van der Waals surface area contributed by atoms with Gasteiger partial charge >= 0.3 is 6.18 Å². The number of amides is 2. The van der Waals surface area contributed by atoms with E-state index in [-0.39, 0.29) is 18.9 Å². The van der Waals surface area contributed by atoms with Crippen LogP contribution >= 0.6 is 0 Å². The van der Waals surface area contributed by atoms with E-state index in [2.05, 4.69) is 5.32 Å². The summed E-state index contributed by atoms with van der Waals surface area (Å²) in [6, 6.07) is 0. The van der Waals surface area contributed by atoms with Crippen molar-refractivity contribution >= 4 is 11.8 Å². The molecule has 1 N–H and O–H groups in total. The SMILES string of the molecule is CNC(=O)C1CCC(=O)N(CC(F)(F)F)C1. The van der Waals surface area contributed by atoms with Crippen LogP contribution in [-0.4, -0.2) is 43.0 Å². The highest BCUT2D eigenvalue weighted by Gasteiger charge is 2.37. The summed E-state index contributed by atoms with van der Waals surface area (Å²) in [4.78, 5) is 23.2. The maximum absolute atomic E-state index is 12.1. The lowest BCUT2D eigenvalue weighted by Gasteiger charge is -2.32. The zero-order valence-corrected chi connectivity index (χ0v) is 8.80. The van der Waals surface area contributed by atoms with Gasteiger partial charge in [-0.1, -0.05) is 0 Å². The van der Waals surface area contributed by atoms with Crippen LogP contribution in [0.2, 0.25) is 0 Å². The summed E-state index contributed by atoms with van der Waals surface area (Å²) in [5, 5.41) is 2.37. The molecule has 2 amide bonds. The van der Waals surface area contributed by atoms with E-state index in [1.807, 2.05) is 0 Å². The predicted molar refractivity (Wildman–Crippen MR) is 49.4 cm³/mol. The van der Waals surface area contributed by atoms with Crippen molar-refractivity contribution in [1.82, 2.24) is 10.2 Å². The Hall–Kier alpha value is -1.27. The standard InChI is InChI=1S/C9H13F3N2O2/c1-13-8(16)6-2-3-7(15)14(4-6)5-9(10,11)12/h6H,2-5H2,1H3,(H,13,16). The Bertz CT molecular complexity index is 291. The van der Waals surface area contributed by atoms with Crippen molar-refractivity contribution in [1.29, 1.82) is 0 Å². The maximum Gasteiger partial charge on any atom is 0.406 e. The molecule has 4 nitrogen and oxygen atoms in total. The van der Waals surface area contributed by atoms with Crippen molar-refractivity contribution in [2.75, 3.05) is 20.1 Å². The number of nitrogens with zero attached hydrogens (tertiary/aromatic N) is 1. The van der Waals surface area contributed by atoms with Gasteiger partial charge in [0.15, 0.2) is 0 Å². The van der Waals surface area contributed by atoms with Crippen LogP contribution < -0.4 is 5.32 Å². The smallest absolute Gasteiger partial charge is 0.359 e. The van der Waals surface area contributed by atoms with Gasteiger partial charge in [-0.25, -0.2) is 0 Å². The van der Waals surface area contributed by atoms with Crippen molar-refractivity contribution in [3.8, 4) is 0 Å². The van der Waals surface area contributed by atoms with Gasteiger partial charge in [0.1, 0.15) is 6.54 Å². The van der Waals surface area contributed by atoms with Crippen LogP contribution in [0, 0.1) is 5.92 Å². The van der Waals surface area contributed by atoms with E-state index in [1.54, 1.807) is 0 Å². The van der Waals surface area contributed by atoms with Crippen LogP contribution in [0.25, 0.3) is 0 Å². The number of rotatable bonds is 2. The molecule has 1 heterocycles. The van der Waals surface area contributed by atoms with Crippen LogP contribution in [0.5, 0.6) is 0 Å². The minimum atomic E-state index is -4.42. The fourth-order valence-electron chi connectivity index (χ4n) is 1.70. The monoisotopic (exact) mass is 238 g/mol. The minimum Gasteiger partial charge on any atom is -0.359 e. The molecule has 92 valence electrons. The molecule has 1 fully saturated rings. The molecule has 16 heavy (non-hydrogen) atoms. The summed E-state index contributed by atoms with van der Waals surface area (Å²) in [5.41, 5.74) is 0. The van der Waals surface area contributed by atoms with E-state index < -0.39 is 24.5 Å². The molecule has 1 rings (SSSR count). The number of piperidine rings is 1. The molecule has 1 unspecified atom stereocenters. The molecule has 0 aromatic heterocycles. The van der Waals surface area contributed by atoms with E-state index in [0.29, 0.717) is 11.3 Å². The maximum atomic E-state index is 12.1. The van der Waals surface area contributed by atoms with Crippen LogP contribution in [0.1, 0.15) is 12.8 Å². The summed E-state index contributed by atoms with van der Waals surface area (Å²) < 4.78 is 36.4. The lowest BCUT2D eigenvalue weighted by molar-refractivity contribution is -0.166. The third-order valence-electron chi connectivity index (χ3n) is 2.49. The van der Waals surface area contributed by atoms with Crippen LogP contribution in [0.4, 0.5) is 13.2 Å². The van der Waals surface area contributed by atoms with Crippen LogP contribution in [0.15, 0.2) is 0 Å². The molecule has 1 aliphatic heterocycles. The number of likely N-dealkylation sites (tertiary alicyclic amines) is 1. The molecular formula is C9H13F3N2O2. The normalized spacial score (nSPS) is 22.1. The molecule has 7 heteroatoms. The number of hydrogen-bond acceptors (Lipinski definition) is 2. The number of hydrogen-bond donors (Lipinski definition) is 1. The summed E-state index contributed by atoms with van der Waals surface area (Å²) in [5.74, 6) is -1.40. The molecule has 1 atom stereocenters. The number of halogens is 3. The summed E-state index contributed by atoms with van der Waals surface area (Å²) in [6.07, 6.45) is -4.11. The number of carbonyl (C=O) groups excluding carboxylic acids is 2. The largest absolute Gasteiger partial charge is 0.406 e. The fraction of sp³-hybridized carbons (Fsp3) is 0.778. The van der Waals surface area contributed by atoms with E-state index in [4.69, 9.17) is 0 Å². The van der Waals surface area contributed by atoms with Gasteiger partial charge < -0.3 is 10.2 Å². The molecule has 1 aliphatic rings. The second-order valence-electron chi connectivity index (χ2n) is 3.74. The van der Waals surface area contributed by atoms with Gasteiger partial charge in [-0.3, -0.25) is 9.59 Å². The molecule has 0 bridgehead atoms. The van der Waals surface area contributed by atoms with Gasteiger partial charge in [-0.05, 0) is 6.42 Å². The molecule has 0 aromatic rings. The average molecular weight is 238 g/mol. The molecule has 1 saturated heterocycles. The lowest BCUT2D eigenvalue weighted by atomic mass is 9.97. The first-order valence-corrected chi connectivity index (χ1v) is 4.89. The van der Waals surface area contributed by atoms with Crippen LogP contribution in [-0.2, 0) is 9.59 Å². The van der Waals surface area contributed by atoms with Gasteiger partial charge in [-0.15, -0.1) is 0 Å². The summed E-state index contributed by atoms with van der Waals surface area (Å²) in [6.45, 7) is -1.43. The van der Waals surface area contributed by atoms with Crippen molar-refractivity contribution < 1.29 is 22.8 Å². The fourth-order valence-corrected chi connectivity index (χ4v) is 1.70. The minimum absolute atomic E-state index is 0.00579. The highest BCUT2D eigenvalue weighted by molar-refractivity contribution is 5.83. The highest BCUT2D eigenvalue weighted by atomic mass is 19.4. The quantitative estimate of drug-likeness (QED) is 0.763. The third kappa shape index (κ3) is 3.39. The van der Waals surface area contributed by atoms with Gasteiger partial charge in [-0.2, -0.15) is 13.2 Å². The Morgan fingerprint density at radius 1 is 1.56 bits per heavy atom. The Morgan fingerprint density at radius 2 is 2.19 bits per heavy atom. The zero-order chi connectivity index (χ0) is 12.3. The average Bonchev–Trinajstić information content (AvgIpc) is 2.18. The van der Waals surface area contributed by atoms with Crippen molar-refractivity contribution in [3.63, 3.8) is 0 Å². The Kier molecular flexibility index (Phi) is 3.77. The number of alkyl halides is 3. The van der Waals surface area contributed by atoms with E-state index in [0.717, 1.165) is 0 Å². The first-order valence-electron chi connectivity index (χ1n) is 4.89. The summed E-state index contributed by atoms with van der Waals surface area (Å²) in [7, 11) is 1.42. The van der Waals surface area contributed by atoms with Crippen molar-refractivity contribution in [2.24, 2.45) is 5.92 Å². The second-order valence-corrected chi connectivity index (χ2v) is 3.74. The van der Waals surface area contributed by atoms with E-state index in [9.17, 15) is 22.8 Å². The van der Waals surface area contributed by atoms with Gasteiger partial charge in [0, 0.05) is 20.0 Å². The molecule has 0 aromatic carbocycles. The van der Waals surface area contributed by atoms with E-state index in [1.165, 1.54) is 7.05 Å². The number of carbonyl (C=O) groups is 2. The first kappa shape index (κ1) is 12.8. The Labute approximate surface area is 90.8 Å². The Balaban J connectivity index is 2.62. The Morgan fingerprint density at radius 3 is 2.69 bits per heavy atom. The predicted octanol–water partition coefficient (Wildman–Crippen LogP) is 0.533. The zero-order valence-electron chi connectivity index (χ0n) is 8.80. The second kappa shape index (κ2) is 4.71. The third-order valence-corrected chi connectivity index (χ3v) is 2.49. The molecule has 0 saturated carbocycles. The van der Waals surface area contributed by atoms with E-state index >= 15 is 0 Å². The van der Waals surface area contributed by atoms with Gasteiger partial charge in [0.25, 0.3) is 0 Å².